The van der Waals surface area contributed by atoms with Crippen LogP contribution < -0.4 is 16.6 Å². The molecular weight excluding hydrogens is 262 g/mol. The SMILES string of the molecule is Nc1ccc(Cc2ccc(N)c(S(N)(=O)=O)c2)cc1. The second-order valence-corrected chi connectivity index (χ2v) is 5.87. The van der Waals surface area contributed by atoms with Crippen LogP contribution in [0.2, 0.25) is 0 Å². The van der Waals surface area contributed by atoms with Crippen molar-refractivity contribution < 1.29 is 8.42 Å². The summed E-state index contributed by atoms with van der Waals surface area (Å²) >= 11 is 0. The van der Waals surface area contributed by atoms with Crippen molar-refractivity contribution >= 4 is 21.4 Å². The van der Waals surface area contributed by atoms with E-state index in [4.69, 9.17) is 16.6 Å². The summed E-state index contributed by atoms with van der Waals surface area (Å²) in [5, 5.41) is 5.12. The number of hydrogen-bond acceptors (Lipinski definition) is 4. The molecule has 0 aromatic heterocycles. The molecule has 2 aromatic carbocycles. The lowest BCUT2D eigenvalue weighted by molar-refractivity contribution is 0.598. The Morgan fingerprint density at radius 2 is 1.47 bits per heavy atom. The molecule has 0 aliphatic carbocycles. The van der Waals surface area contributed by atoms with Gasteiger partial charge >= 0.3 is 0 Å². The van der Waals surface area contributed by atoms with Gasteiger partial charge in [-0.15, -0.1) is 0 Å². The quantitative estimate of drug-likeness (QED) is 0.729. The zero-order valence-electron chi connectivity index (χ0n) is 10.2. The molecule has 0 heterocycles. The summed E-state index contributed by atoms with van der Waals surface area (Å²) in [6.45, 7) is 0. The van der Waals surface area contributed by atoms with Crippen molar-refractivity contribution in [1.82, 2.24) is 0 Å². The highest BCUT2D eigenvalue weighted by Gasteiger charge is 2.12. The lowest BCUT2D eigenvalue weighted by Gasteiger charge is -2.07. The van der Waals surface area contributed by atoms with Crippen molar-refractivity contribution in [2.45, 2.75) is 11.3 Å². The number of nitrogens with two attached hydrogens (primary N) is 3. The molecule has 2 aromatic rings. The maximum atomic E-state index is 11.4. The van der Waals surface area contributed by atoms with Crippen molar-refractivity contribution in [3.05, 3.63) is 53.6 Å². The van der Waals surface area contributed by atoms with Crippen molar-refractivity contribution in [2.75, 3.05) is 11.5 Å². The van der Waals surface area contributed by atoms with Gasteiger partial charge in [0.15, 0.2) is 0 Å². The Morgan fingerprint density at radius 3 is 2.05 bits per heavy atom. The molecule has 2 rings (SSSR count). The van der Waals surface area contributed by atoms with E-state index in [9.17, 15) is 8.42 Å². The third kappa shape index (κ3) is 3.24. The van der Waals surface area contributed by atoms with Gasteiger partial charge in [0.2, 0.25) is 10.0 Å². The molecule has 0 atom stereocenters. The Morgan fingerprint density at radius 1 is 0.895 bits per heavy atom. The summed E-state index contributed by atoms with van der Waals surface area (Å²) in [5.74, 6) is 0. The number of sulfonamides is 1. The highest BCUT2D eigenvalue weighted by atomic mass is 32.2. The molecule has 0 radical (unpaired) electrons. The first kappa shape index (κ1) is 13.4. The number of nitrogen functional groups attached to an aromatic ring is 2. The number of hydrogen-bond donors (Lipinski definition) is 3. The smallest absolute Gasteiger partial charge is 0.240 e. The van der Waals surface area contributed by atoms with Gasteiger partial charge in [-0.2, -0.15) is 0 Å². The van der Waals surface area contributed by atoms with Crippen molar-refractivity contribution in [3.63, 3.8) is 0 Å². The fourth-order valence-electron chi connectivity index (χ4n) is 1.81. The molecule has 0 fully saturated rings. The van der Waals surface area contributed by atoms with E-state index in [1.165, 1.54) is 6.07 Å². The summed E-state index contributed by atoms with van der Waals surface area (Å²) in [4.78, 5) is -0.0413. The fourth-order valence-corrected chi connectivity index (χ4v) is 2.52. The summed E-state index contributed by atoms with van der Waals surface area (Å²) < 4.78 is 22.8. The van der Waals surface area contributed by atoms with Crippen LogP contribution in [0.1, 0.15) is 11.1 Å². The van der Waals surface area contributed by atoms with E-state index >= 15 is 0 Å². The molecular formula is C13H15N3O2S. The maximum absolute atomic E-state index is 11.4. The Labute approximate surface area is 112 Å². The second kappa shape index (κ2) is 4.91. The summed E-state index contributed by atoms with van der Waals surface area (Å²) in [6, 6.07) is 12.2. The van der Waals surface area contributed by atoms with Gasteiger partial charge in [-0.05, 0) is 41.8 Å². The van der Waals surface area contributed by atoms with Crippen LogP contribution in [0, 0.1) is 0 Å². The van der Waals surface area contributed by atoms with Crippen LogP contribution in [-0.4, -0.2) is 8.42 Å². The molecule has 19 heavy (non-hydrogen) atoms. The topological polar surface area (TPSA) is 112 Å². The van der Waals surface area contributed by atoms with E-state index < -0.39 is 10.0 Å². The van der Waals surface area contributed by atoms with Crippen molar-refractivity contribution in [1.29, 1.82) is 0 Å². The number of primary sulfonamides is 1. The van der Waals surface area contributed by atoms with E-state index in [0.29, 0.717) is 12.1 Å². The Hall–Kier alpha value is -2.05. The van der Waals surface area contributed by atoms with Crippen LogP contribution in [0.15, 0.2) is 47.4 Å². The molecule has 0 unspecified atom stereocenters. The van der Waals surface area contributed by atoms with Crippen LogP contribution in [-0.2, 0) is 16.4 Å². The molecule has 6 N–H and O–H groups in total. The van der Waals surface area contributed by atoms with Gasteiger partial charge in [0, 0.05) is 5.69 Å². The predicted molar refractivity (Wildman–Crippen MR) is 75.9 cm³/mol. The van der Waals surface area contributed by atoms with Gasteiger partial charge in [-0.25, -0.2) is 13.6 Å². The first-order chi connectivity index (χ1) is 8.86. The molecule has 0 saturated heterocycles. The van der Waals surface area contributed by atoms with E-state index in [0.717, 1.165) is 11.1 Å². The predicted octanol–water partition coefficient (Wildman–Crippen LogP) is 1.09. The first-order valence-electron chi connectivity index (χ1n) is 5.62. The molecule has 0 spiro atoms. The maximum Gasteiger partial charge on any atom is 0.240 e. The lowest BCUT2D eigenvalue weighted by atomic mass is 10.0. The minimum Gasteiger partial charge on any atom is -0.399 e. The summed E-state index contributed by atoms with van der Waals surface area (Å²) in [7, 11) is -3.80. The van der Waals surface area contributed by atoms with Crippen LogP contribution in [0.4, 0.5) is 11.4 Å². The number of rotatable bonds is 3. The second-order valence-electron chi connectivity index (χ2n) is 4.34. The van der Waals surface area contributed by atoms with E-state index in [2.05, 4.69) is 0 Å². The summed E-state index contributed by atoms with van der Waals surface area (Å²) in [5.41, 5.74) is 13.9. The summed E-state index contributed by atoms with van der Waals surface area (Å²) in [6.07, 6.45) is 0.586. The van der Waals surface area contributed by atoms with Gasteiger partial charge in [-0.1, -0.05) is 18.2 Å². The molecule has 0 amide bonds. The molecule has 5 nitrogen and oxygen atoms in total. The largest absolute Gasteiger partial charge is 0.399 e. The van der Waals surface area contributed by atoms with E-state index in [1.807, 2.05) is 12.1 Å². The Bertz CT molecular complexity index is 694. The minimum atomic E-state index is -3.80. The van der Waals surface area contributed by atoms with Crippen LogP contribution in [0.3, 0.4) is 0 Å². The minimum absolute atomic E-state index is 0.0413. The van der Waals surface area contributed by atoms with Crippen molar-refractivity contribution in [3.8, 4) is 0 Å². The third-order valence-corrected chi connectivity index (χ3v) is 3.74. The zero-order chi connectivity index (χ0) is 14.0. The van der Waals surface area contributed by atoms with Crippen molar-refractivity contribution in [2.24, 2.45) is 5.14 Å². The highest BCUT2D eigenvalue weighted by Crippen LogP contribution is 2.20. The van der Waals surface area contributed by atoms with Crippen LogP contribution >= 0.6 is 0 Å². The van der Waals surface area contributed by atoms with Crippen LogP contribution in [0.5, 0.6) is 0 Å². The van der Waals surface area contributed by atoms with Gasteiger partial charge in [-0.3, -0.25) is 0 Å². The lowest BCUT2D eigenvalue weighted by Crippen LogP contribution is -2.14. The van der Waals surface area contributed by atoms with E-state index in [-0.39, 0.29) is 10.6 Å². The van der Waals surface area contributed by atoms with Gasteiger partial charge in [0.05, 0.1) is 5.69 Å². The van der Waals surface area contributed by atoms with Gasteiger partial charge < -0.3 is 11.5 Å². The normalized spacial score (nSPS) is 11.4. The fraction of sp³-hybridized carbons (Fsp3) is 0.0769. The molecule has 0 aliphatic rings. The molecule has 0 aliphatic heterocycles. The Kier molecular flexibility index (Phi) is 3.46. The Balaban J connectivity index is 2.34. The van der Waals surface area contributed by atoms with Crippen LogP contribution in [0.25, 0.3) is 0 Å². The molecule has 6 heteroatoms. The third-order valence-electron chi connectivity index (χ3n) is 2.77. The zero-order valence-corrected chi connectivity index (χ0v) is 11.0. The average Bonchev–Trinajstić information content (AvgIpc) is 2.33. The number of benzene rings is 2. The highest BCUT2D eigenvalue weighted by molar-refractivity contribution is 7.89. The first-order valence-corrected chi connectivity index (χ1v) is 7.16. The number of anilines is 2. The molecule has 0 bridgehead atoms. The van der Waals surface area contributed by atoms with E-state index in [1.54, 1.807) is 24.3 Å². The van der Waals surface area contributed by atoms with Gasteiger partial charge in [0.25, 0.3) is 0 Å². The standard InChI is InChI=1S/C13H15N3O2S/c14-11-4-1-9(2-5-11)7-10-3-6-12(15)13(8-10)19(16,17)18/h1-6,8H,7,14-15H2,(H2,16,17,18). The average molecular weight is 277 g/mol. The van der Waals surface area contributed by atoms with Gasteiger partial charge in [0.1, 0.15) is 4.90 Å². The monoisotopic (exact) mass is 277 g/mol. The molecule has 100 valence electrons. The molecule has 0 saturated carbocycles.